The Labute approximate surface area is 175 Å². The van der Waals surface area contributed by atoms with Crippen molar-refractivity contribution in [3.05, 3.63) is 58.6 Å². The van der Waals surface area contributed by atoms with E-state index in [1.54, 1.807) is 35.9 Å². The predicted molar refractivity (Wildman–Crippen MR) is 113 cm³/mol. The number of carbonyl (C=O) groups excluding carboxylic acids is 2. The highest BCUT2D eigenvalue weighted by molar-refractivity contribution is 7.99. The average Bonchev–Trinajstić information content (AvgIpc) is 3.06. The summed E-state index contributed by atoms with van der Waals surface area (Å²) in [7, 11) is 1.78. The smallest absolute Gasteiger partial charge is 0.271 e. The zero-order valence-corrected chi connectivity index (χ0v) is 17.0. The van der Waals surface area contributed by atoms with Gasteiger partial charge in [0.1, 0.15) is 0 Å². The molecule has 0 saturated heterocycles. The number of carbonyl (C=O) groups is 2. The van der Waals surface area contributed by atoms with Gasteiger partial charge in [-0.1, -0.05) is 30.0 Å². The number of aromatic nitrogens is 3. The van der Waals surface area contributed by atoms with Crippen molar-refractivity contribution >= 4 is 40.6 Å². The molecule has 2 amide bonds. The third-order valence-corrected chi connectivity index (χ3v) is 4.97. The number of amides is 2. The zero-order chi connectivity index (χ0) is 21.7. The molecule has 30 heavy (non-hydrogen) atoms. The molecular weight excluding hydrogens is 408 g/mol. The van der Waals surface area contributed by atoms with E-state index in [4.69, 9.17) is 0 Å². The molecule has 1 heterocycles. The van der Waals surface area contributed by atoms with Crippen molar-refractivity contribution in [1.82, 2.24) is 14.8 Å². The number of rotatable bonds is 7. The van der Waals surface area contributed by atoms with Gasteiger partial charge in [-0.15, -0.1) is 10.2 Å². The van der Waals surface area contributed by atoms with Crippen LogP contribution < -0.4 is 10.6 Å². The Morgan fingerprint density at radius 3 is 2.50 bits per heavy atom. The van der Waals surface area contributed by atoms with Crippen LogP contribution in [-0.2, 0) is 16.6 Å². The summed E-state index contributed by atoms with van der Waals surface area (Å²) >= 11 is 1.19. The zero-order valence-electron chi connectivity index (χ0n) is 16.2. The molecule has 154 valence electrons. The Bertz CT molecular complexity index is 1110. The van der Waals surface area contributed by atoms with Gasteiger partial charge in [-0.3, -0.25) is 19.7 Å². The summed E-state index contributed by atoms with van der Waals surface area (Å²) in [4.78, 5) is 33.8. The minimum Gasteiger partial charge on any atom is -0.326 e. The first kappa shape index (κ1) is 21.0. The molecule has 0 radical (unpaired) electrons. The van der Waals surface area contributed by atoms with Gasteiger partial charge < -0.3 is 15.2 Å². The maximum atomic E-state index is 12.2. The molecule has 2 aromatic carbocycles. The monoisotopic (exact) mass is 426 g/mol. The lowest BCUT2D eigenvalue weighted by Crippen LogP contribution is -2.14. The SMILES string of the molecule is CC(=O)Nc1cccc(-c2nnc(SCC(=O)Nc3cccc([N+](=O)[O-])c3)n2C)c1. The van der Waals surface area contributed by atoms with Crippen molar-refractivity contribution in [3.63, 3.8) is 0 Å². The van der Waals surface area contributed by atoms with Crippen molar-refractivity contribution in [1.29, 1.82) is 0 Å². The quantitative estimate of drug-likeness (QED) is 0.337. The summed E-state index contributed by atoms with van der Waals surface area (Å²) in [5.74, 6) is 0.151. The molecule has 0 spiro atoms. The Morgan fingerprint density at radius 2 is 1.80 bits per heavy atom. The van der Waals surface area contributed by atoms with Crippen molar-refractivity contribution in [2.24, 2.45) is 7.05 Å². The van der Waals surface area contributed by atoms with Crippen molar-refractivity contribution in [3.8, 4) is 11.4 Å². The first-order valence-corrected chi connectivity index (χ1v) is 9.76. The maximum Gasteiger partial charge on any atom is 0.271 e. The highest BCUT2D eigenvalue weighted by atomic mass is 32.2. The van der Waals surface area contributed by atoms with Crippen LogP contribution in [0.1, 0.15) is 6.92 Å². The van der Waals surface area contributed by atoms with Gasteiger partial charge in [0, 0.05) is 43.0 Å². The summed E-state index contributed by atoms with van der Waals surface area (Å²) in [6.45, 7) is 1.43. The van der Waals surface area contributed by atoms with Gasteiger partial charge in [0.25, 0.3) is 5.69 Å². The fourth-order valence-electron chi connectivity index (χ4n) is 2.66. The fourth-order valence-corrected chi connectivity index (χ4v) is 3.37. The second-order valence-electron chi connectivity index (χ2n) is 6.27. The largest absolute Gasteiger partial charge is 0.326 e. The number of non-ortho nitro benzene ring substituents is 1. The van der Waals surface area contributed by atoms with Gasteiger partial charge in [0.05, 0.1) is 10.7 Å². The predicted octanol–water partition coefficient (Wildman–Crippen LogP) is 3.08. The molecule has 2 N–H and O–H groups in total. The van der Waals surface area contributed by atoms with E-state index in [1.807, 2.05) is 6.07 Å². The van der Waals surface area contributed by atoms with Gasteiger partial charge in [-0.05, 0) is 18.2 Å². The Kier molecular flexibility index (Phi) is 6.42. The van der Waals surface area contributed by atoms with E-state index >= 15 is 0 Å². The van der Waals surface area contributed by atoms with E-state index in [1.165, 1.54) is 36.9 Å². The Hall–Kier alpha value is -3.73. The summed E-state index contributed by atoms with van der Waals surface area (Å²) in [6, 6.07) is 12.9. The summed E-state index contributed by atoms with van der Waals surface area (Å²) in [6.07, 6.45) is 0. The van der Waals surface area contributed by atoms with Crippen LogP contribution in [0.4, 0.5) is 17.1 Å². The number of hydrogen-bond acceptors (Lipinski definition) is 7. The van der Waals surface area contributed by atoms with Crippen LogP contribution in [0.25, 0.3) is 11.4 Å². The van der Waals surface area contributed by atoms with Crippen LogP contribution in [0.5, 0.6) is 0 Å². The Balaban J connectivity index is 1.65. The number of thioether (sulfide) groups is 1. The van der Waals surface area contributed by atoms with Crippen LogP contribution in [0.2, 0.25) is 0 Å². The topological polar surface area (TPSA) is 132 Å². The maximum absolute atomic E-state index is 12.2. The molecule has 0 unspecified atom stereocenters. The van der Waals surface area contributed by atoms with E-state index in [9.17, 15) is 19.7 Å². The molecule has 10 nitrogen and oxygen atoms in total. The molecule has 0 atom stereocenters. The highest BCUT2D eigenvalue weighted by Gasteiger charge is 2.14. The second kappa shape index (κ2) is 9.18. The number of nitrogens with zero attached hydrogens (tertiary/aromatic N) is 4. The van der Waals surface area contributed by atoms with Crippen molar-refractivity contribution in [2.45, 2.75) is 12.1 Å². The normalized spacial score (nSPS) is 10.5. The van der Waals surface area contributed by atoms with E-state index < -0.39 is 4.92 Å². The van der Waals surface area contributed by atoms with Gasteiger partial charge in [0.15, 0.2) is 11.0 Å². The van der Waals surface area contributed by atoms with Gasteiger partial charge in [0.2, 0.25) is 11.8 Å². The average molecular weight is 426 g/mol. The highest BCUT2D eigenvalue weighted by Crippen LogP contribution is 2.25. The molecule has 3 aromatic rings. The first-order chi connectivity index (χ1) is 14.3. The van der Waals surface area contributed by atoms with Gasteiger partial charge in [-0.25, -0.2) is 0 Å². The van der Waals surface area contributed by atoms with Crippen molar-refractivity contribution < 1.29 is 14.5 Å². The lowest BCUT2D eigenvalue weighted by atomic mass is 10.2. The van der Waals surface area contributed by atoms with E-state index in [-0.39, 0.29) is 23.3 Å². The molecule has 0 aliphatic carbocycles. The molecular formula is C19H18N6O4S. The molecule has 0 saturated carbocycles. The van der Waals surface area contributed by atoms with Gasteiger partial charge >= 0.3 is 0 Å². The van der Waals surface area contributed by atoms with Crippen LogP contribution in [0.15, 0.2) is 53.7 Å². The van der Waals surface area contributed by atoms with Crippen LogP contribution in [0.3, 0.4) is 0 Å². The summed E-state index contributed by atoms with van der Waals surface area (Å²) in [5, 5.41) is 25.0. The minimum absolute atomic E-state index is 0.0561. The minimum atomic E-state index is -0.521. The number of nitro groups is 1. The molecule has 0 aliphatic heterocycles. The fraction of sp³-hybridized carbons (Fsp3) is 0.158. The van der Waals surface area contributed by atoms with Gasteiger partial charge in [-0.2, -0.15) is 0 Å². The molecule has 3 rings (SSSR count). The van der Waals surface area contributed by atoms with Crippen molar-refractivity contribution in [2.75, 3.05) is 16.4 Å². The first-order valence-electron chi connectivity index (χ1n) is 8.78. The standard InChI is InChI=1S/C19H18N6O4S/c1-12(26)20-14-6-3-5-13(9-14)18-22-23-19(24(18)2)30-11-17(27)21-15-7-4-8-16(10-15)25(28)29/h3-10H,11H2,1-2H3,(H,20,26)(H,21,27). The molecule has 0 fully saturated rings. The lowest BCUT2D eigenvalue weighted by molar-refractivity contribution is -0.384. The number of nitrogens with one attached hydrogen (secondary N) is 2. The number of anilines is 2. The second-order valence-corrected chi connectivity index (χ2v) is 7.21. The lowest BCUT2D eigenvalue weighted by Gasteiger charge is -2.07. The van der Waals surface area contributed by atoms with E-state index in [0.29, 0.717) is 22.4 Å². The molecule has 0 bridgehead atoms. The van der Waals surface area contributed by atoms with E-state index in [0.717, 1.165) is 5.56 Å². The molecule has 11 heteroatoms. The number of hydrogen-bond donors (Lipinski definition) is 2. The third kappa shape index (κ3) is 5.20. The van der Waals surface area contributed by atoms with Crippen LogP contribution in [0, 0.1) is 10.1 Å². The summed E-state index contributed by atoms with van der Waals surface area (Å²) in [5.41, 5.74) is 1.67. The molecule has 1 aromatic heterocycles. The molecule has 0 aliphatic rings. The Morgan fingerprint density at radius 1 is 1.10 bits per heavy atom. The van der Waals surface area contributed by atoms with E-state index in [2.05, 4.69) is 20.8 Å². The number of benzene rings is 2. The summed E-state index contributed by atoms with van der Waals surface area (Å²) < 4.78 is 1.75. The third-order valence-electron chi connectivity index (χ3n) is 3.95. The van der Waals surface area contributed by atoms with Crippen LogP contribution in [-0.4, -0.2) is 37.3 Å². The van der Waals surface area contributed by atoms with Crippen LogP contribution >= 0.6 is 11.8 Å². The number of nitro benzene ring substituents is 1.